The maximum atomic E-state index is 12.9. The lowest BCUT2D eigenvalue weighted by atomic mass is 9.92. The van der Waals surface area contributed by atoms with E-state index in [0.717, 1.165) is 27.8 Å². The van der Waals surface area contributed by atoms with Crippen molar-refractivity contribution in [3.63, 3.8) is 0 Å². The molecular formula is C22H23N3O4S. The highest BCUT2D eigenvalue weighted by molar-refractivity contribution is 7.19. The summed E-state index contributed by atoms with van der Waals surface area (Å²) in [6.45, 7) is 0.357. The first-order valence-electron chi connectivity index (χ1n) is 9.98. The van der Waals surface area contributed by atoms with Crippen molar-refractivity contribution < 1.29 is 14.8 Å². The van der Waals surface area contributed by atoms with Gasteiger partial charge in [0.1, 0.15) is 0 Å². The number of nitro benzene ring substituents is 1. The number of thiophene rings is 1. The first-order valence-corrected chi connectivity index (χ1v) is 10.8. The van der Waals surface area contributed by atoms with Crippen molar-refractivity contribution in [3.05, 3.63) is 69.1 Å². The maximum absolute atomic E-state index is 12.9. The highest BCUT2D eigenvalue weighted by atomic mass is 32.1. The van der Waals surface area contributed by atoms with Crippen LogP contribution in [0.1, 0.15) is 40.9 Å². The Balaban J connectivity index is 1.51. The number of rotatable bonds is 6. The van der Waals surface area contributed by atoms with E-state index in [2.05, 4.69) is 10.6 Å². The van der Waals surface area contributed by atoms with Crippen LogP contribution >= 0.6 is 11.3 Å². The average Bonchev–Trinajstić information content (AvgIpc) is 3.17. The second-order valence-corrected chi connectivity index (χ2v) is 8.74. The molecule has 0 aliphatic heterocycles. The van der Waals surface area contributed by atoms with Crippen LogP contribution in [-0.4, -0.2) is 28.1 Å². The third kappa shape index (κ3) is 4.60. The fourth-order valence-electron chi connectivity index (χ4n) is 3.79. The summed E-state index contributed by atoms with van der Waals surface area (Å²) in [5.74, 6) is -0.352. The number of amides is 1. The van der Waals surface area contributed by atoms with Gasteiger partial charge in [-0.2, -0.15) is 0 Å². The van der Waals surface area contributed by atoms with Crippen LogP contribution in [0.4, 0.5) is 11.4 Å². The summed E-state index contributed by atoms with van der Waals surface area (Å²) in [4.78, 5) is 24.7. The minimum atomic E-state index is -0.497. The molecule has 7 nitrogen and oxygen atoms in total. The Morgan fingerprint density at radius 1 is 1.13 bits per heavy atom. The Morgan fingerprint density at radius 2 is 1.90 bits per heavy atom. The van der Waals surface area contributed by atoms with Crippen LogP contribution < -0.4 is 10.6 Å². The second-order valence-electron chi connectivity index (χ2n) is 7.57. The minimum Gasteiger partial charge on any atom is -0.393 e. The van der Waals surface area contributed by atoms with Crippen LogP contribution in [0.3, 0.4) is 0 Å². The van der Waals surface area contributed by atoms with E-state index in [-0.39, 0.29) is 29.3 Å². The zero-order valence-corrected chi connectivity index (χ0v) is 17.2. The Kier molecular flexibility index (Phi) is 5.96. The molecule has 0 bridgehead atoms. The summed E-state index contributed by atoms with van der Waals surface area (Å²) < 4.78 is 1.15. The molecule has 3 aromatic rings. The molecule has 8 heteroatoms. The van der Waals surface area contributed by atoms with Gasteiger partial charge in [-0.3, -0.25) is 14.9 Å². The third-order valence-electron chi connectivity index (χ3n) is 5.41. The molecule has 1 saturated carbocycles. The van der Waals surface area contributed by atoms with Crippen LogP contribution in [0, 0.1) is 10.1 Å². The lowest BCUT2D eigenvalue weighted by Crippen LogP contribution is -2.30. The summed E-state index contributed by atoms with van der Waals surface area (Å²) in [6.07, 6.45) is 2.72. The van der Waals surface area contributed by atoms with Crippen LogP contribution in [0.25, 0.3) is 10.1 Å². The van der Waals surface area contributed by atoms with E-state index in [1.165, 1.54) is 12.1 Å². The Morgan fingerprint density at radius 3 is 2.63 bits per heavy atom. The molecule has 3 N–H and O–H groups in total. The molecule has 0 spiro atoms. The summed E-state index contributed by atoms with van der Waals surface area (Å²) in [5.41, 5.74) is 0.721. The monoisotopic (exact) mass is 425 g/mol. The van der Waals surface area contributed by atoms with Gasteiger partial charge in [0, 0.05) is 33.4 Å². The number of fused-ring (bicyclic) bond motifs is 1. The van der Waals surface area contributed by atoms with E-state index >= 15 is 0 Å². The predicted molar refractivity (Wildman–Crippen MR) is 118 cm³/mol. The number of aliphatic hydroxyl groups is 1. The van der Waals surface area contributed by atoms with E-state index in [0.29, 0.717) is 25.1 Å². The molecule has 2 aromatic carbocycles. The van der Waals surface area contributed by atoms with Crippen LogP contribution in [0.2, 0.25) is 0 Å². The highest BCUT2D eigenvalue weighted by Crippen LogP contribution is 2.28. The number of hydrogen-bond acceptors (Lipinski definition) is 6. The number of aliphatic hydroxyl groups excluding tert-OH is 1. The SMILES string of the molecule is O=C(NCc1cc2ccccc2s1)c1cc([N+](=O)[O-])ccc1N[C@H]1CC[C@@H](O)CC1. The van der Waals surface area contributed by atoms with Crippen LogP contribution in [-0.2, 0) is 6.54 Å². The number of nitrogens with one attached hydrogen (secondary N) is 2. The van der Waals surface area contributed by atoms with E-state index in [1.807, 2.05) is 30.3 Å². The van der Waals surface area contributed by atoms with Crippen molar-refractivity contribution in [1.82, 2.24) is 5.32 Å². The van der Waals surface area contributed by atoms with Gasteiger partial charge < -0.3 is 15.7 Å². The van der Waals surface area contributed by atoms with Gasteiger partial charge in [-0.15, -0.1) is 11.3 Å². The number of anilines is 1. The van der Waals surface area contributed by atoms with Gasteiger partial charge in [-0.1, -0.05) is 18.2 Å². The zero-order chi connectivity index (χ0) is 21.1. The smallest absolute Gasteiger partial charge is 0.270 e. The quantitative estimate of drug-likeness (QED) is 0.400. The van der Waals surface area contributed by atoms with Gasteiger partial charge in [-0.25, -0.2) is 0 Å². The lowest BCUT2D eigenvalue weighted by molar-refractivity contribution is -0.384. The molecule has 1 aliphatic rings. The van der Waals surface area contributed by atoms with Gasteiger partial charge in [0.15, 0.2) is 0 Å². The first-order chi connectivity index (χ1) is 14.5. The van der Waals surface area contributed by atoms with E-state index in [4.69, 9.17) is 0 Å². The summed E-state index contributed by atoms with van der Waals surface area (Å²) in [6, 6.07) is 14.5. The number of nitrogens with zero attached hydrogens (tertiary/aromatic N) is 1. The molecule has 1 aromatic heterocycles. The van der Waals surface area contributed by atoms with Crippen molar-refractivity contribution in [2.24, 2.45) is 0 Å². The largest absolute Gasteiger partial charge is 0.393 e. The fourth-order valence-corrected chi connectivity index (χ4v) is 4.79. The van der Waals surface area contributed by atoms with Gasteiger partial charge in [0.2, 0.25) is 0 Å². The molecule has 1 heterocycles. The van der Waals surface area contributed by atoms with Crippen molar-refractivity contribution in [1.29, 1.82) is 0 Å². The van der Waals surface area contributed by atoms with Gasteiger partial charge in [0.25, 0.3) is 11.6 Å². The van der Waals surface area contributed by atoms with Gasteiger partial charge >= 0.3 is 0 Å². The molecule has 1 aliphatic carbocycles. The summed E-state index contributed by atoms with van der Waals surface area (Å²) in [5, 5.41) is 28.3. The third-order valence-corrected chi connectivity index (χ3v) is 6.53. The summed E-state index contributed by atoms with van der Waals surface area (Å²) in [7, 11) is 0. The zero-order valence-electron chi connectivity index (χ0n) is 16.3. The molecule has 0 saturated heterocycles. The predicted octanol–water partition coefficient (Wildman–Crippen LogP) is 4.45. The lowest BCUT2D eigenvalue weighted by Gasteiger charge is -2.27. The van der Waals surface area contributed by atoms with E-state index in [1.54, 1.807) is 17.4 Å². The van der Waals surface area contributed by atoms with Crippen molar-refractivity contribution in [3.8, 4) is 0 Å². The standard InChI is InChI=1S/C22H23N3O4S/c26-17-8-5-15(6-9-17)24-20-10-7-16(25(28)29)12-19(20)22(27)23-13-18-11-14-3-1-2-4-21(14)30-18/h1-4,7,10-12,15,17,24,26H,5-6,8-9,13H2,(H,23,27)/t15-,17+. The molecule has 30 heavy (non-hydrogen) atoms. The van der Waals surface area contributed by atoms with Crippen molar-refractivity contribution in [2.45, 2.75) is 44.4 Å². The number of carbonyl (C=O) groups excluding carboxylic acids is 1. The topological polar surface area (TPSA) is 104 Å². The number of nitro groups is 1. The van der Waals surface area contributed by atoms with Crippen molar-refractivity contribution >= 4 is 38.7 Å². The molecular weight excluding hydrogens is 402 g/mol. The fraction of sp³-hybridized carbons (Fsp3) is 0.318. The number of non-ortho nitro benzene ring substituents is 1. The molecule has 1 fully saturated rings. The molecule has 0 unspecified atom stereocenters. The maximum Gasteiger partial charge on any atom is 0.270 e. The average molecular weight is 426 g/mol. The molecule has 1 amide bonds. The Bertz CT molecular complexity index is 1040. The molecule has 0 radical (unpaired) electrons. The minimum absolute atomic E-state index is 0.119. The van der Waals surface area contributed by atoms with Crippen LogP contribution in [0.5, 0.6) is 0 Å². The Hall–Kier alpha value is -2.97. The molecule has 4 rings (SSSR count). The highest BCUT2D eigenvalue weighted by Gasteiger charge is 2.22. The van der Waals surface area contributed by atoms with Crippen LogP contribution in [0.15, 0.2) is 48.5 Å². The van der Waals surface area contributed by atoms with Crippen molar-refractivity contribution in [2.75, 3.05) is 5.32 Å². The van der Waals surface area contributed by atoms with Gasteiger partial charge in [0.05, 0.1) is 23.1 Å². The second kappa shape index (κ2) is 8.81. The number of benzene rings is 2. The Labute approximate surface area is 177 Å². The van der Waals surface area contributed by atoms with E-state index in [9.17, 15) is 20.0 Å². The molecule has 156 valence electrons. The summed E-state index contributed by atoms with van der Waals surface area (Å²) >= 11 is 1.61. The normalized spacial score (nSPS) is 18.8. The van der Waals surface area contributed by atoms with E-state index < -0.39 is 4.92 Å². The first kappa shape index (κ1) is 20.3. The van der Waals surface area contributed by atoms with Gasteiger partial charge in [-0.05, 0) is 49.3 Å². The number of carbonyl (C=O) groups is 1. The number of hydrogen-bond donors (Lipinski definition) is 3. The molecule has 0 atom stereocenters.